The summed E-state index contributed by atoms with van der Waals surface area (Å²) >= 11 is 0. The van der Waals surface area contributed by atoms with Crippen molar-refractivity contribution in [2.75, 3.05) is 14.1 Å². The summed E-state index contributed by atoms with van der Waals surface area (Å²) in [6, 6.07) is -1.99. The highest BCUT2D eigenvalue weighted by molar-refractivity contribution is 6.11. The average molecular weight is 200 g/mol. The third-order valence-electron chi connectivity index (χ3n) is 2.27. The minimum absolute atomic E-state index is 0.142. The fourth-order valence-corrected chi connectivity index (χ4v) is 1.26. The zero-order valence-electron chi connectivity index (χ0n) is 8.05. The van der Waals surface area contributed by atoms with E-state index >= 15 is 0 Å². The number of hydrogen-bond donors (Lipinski definition) is 0. The van der Waals surface area contributed by atoms with Gasteiger partial charge in [0.2, 0.25) is 0 Å². The molecule has 0 radical (unpaired) electrons. The molecule has 1 aliphatic rings. The highest BCUT2D eigenvalue weighted by atomic mass is 16.6. The van der Waals surface area contributed by atoms with Gasteiger partial charge in [-0.05, 0) is 0 Å². The molecule has 7 nitrogen and oxygen atoms in total. The number of imide groups is 1. The van der Waals surface area contributed by atoms with E-state index < -0.39 is 22.9 Å². The van der Waals surface area contributed by atoms with Gasteiger partial charge in [0, 0.05) is 11.8 Å². The first kappa shape index (κ1) is 10.3. The predicted octanol–water partition coefficient (Wildman–Crippen LogP) is -0.673. The van der Waals surface area contributed by atoms with E-state index in [1.807, 2.05) is 0 Å². The first-order valence-electron chi connectivity index (χ1n) is 3.90. The third kappa shape index (κ3) is 1.26. The molecule has 0 bridgehead atoms. The summed E-state index contributed by atoms with van der Waals surface area (Å²) < 4.78 is 1.11. The van der Waals surface area contributed by atoms with Crippen molar-refractivity contribution in [2.24, 2.45) is 0 Å². The molecule has 1 unspecified atom stereocenters. The maximum atomic E-state index is 11.3. The highest BCUT2D eigenvalue weighted by Crippen LogP contribution is 2.07. The second kappa shape index (κ2) is 3.17. The van der Waals surface area contributed by atoms with Crippen LogP contribution in [0.3, 0.4) is 0 Å². The van der Waals surface area contributed by atoms with E-state index in [9.17, 15) is 19.7 Å². The van der Waals surface area contributed by atoms with Crippen LogP contribution in [0.25, 0.3) is 0 Å². The molecular weight excluding hydrogens is 190 g/mol. The second-order valence-electron chi connectivity index (χ2n) is 3.07. The minimum atomic E-state index is -1.44. The van der Waals surface area contributed by atoms with Gasteiger partial charge in [-0.15, -0.1) is 0 Å². The zero-order valence-corrected chi connectivity index (χ0v) is 8.05. The number of urea groups is 1. The maximum absolute atomic E-state index is 11.3. The molecule has 1 atom stereocenters. The lowest BCUT2D eigenvalue weighted by Gasteiger charge is -2.17. The Morgan fingerprint density at radius 3 is 2.43 bits per heavy atom. The number of amides is 3. The van der Waals surface area contributed by atoms with Gasteiger partial charge in [-0.2, -0.15) is 14.3 Å². The number of hydrogen-bond acceptors (Lipinski definition) is 4. The normalized spacial score (nSPS) is 23.1. The lowest BCUT2D eigenvalue weighted by molar-refractivity contribution is -0.510. The maximum Gasteiger partial charge on any atom is 0.500 e. The lowest BCUT2D eigenvalue weighted by Crippen LogP contribution is -2.56. The highest BCUT2D eigenvalue weighted by Gasteiger charge is 2.50. The van der Waals surface area contributed by atoms with E-state index in [2.05, 4.69) is 0 Å². The van der Waals surface area contributed by atoms with Crippen molar-refractivity contribution in [3.63, 3.8) is 0 Å². The lowest BCUT2D eigenvalue weighted by atomic mass is 10.1. The molecule has 0 N–H and O–H groups in total. The first-order chi connectivity index (χ1) is 6.37. The van der Waals surface area contributed by atoms with Crippen LogP contribution in [-0.2, 0) is 4.79 Å². The van der Waals surface area contributed by atoms with Crippen LogP contribution in [0.1, 0.15) is 6.92 Å². The van der Waals surface area contributed by atoms with E-state index in [0.29, 0.717) is 0 Å². The Hall–Kier alpha value is -1.79. The summed E-state index contributed by atoms with van der Waals surface area (Å²) in [5.74, 6) is -0.796. The van der Waals surface area contributed by atoms with E-state index in [1.165, 1.54) is 21.0 Å². The molecule has 0 fully saturated rings. The van der Waals surface area contributed by atoms with Gasteiger partial charge in [-0.25, -0.2) is 4.79 Å². The van der Waals surface area contributed by atoms with E-state index in [-0.39, 0.29) is 5.71 Å². The molecule has 0 spiro atoms. The van der Waals surface area contributed by atoms with Crippen molar-refractivity contribution in [3.05, 3.63) is 10.1 Å². The predicted molar refractivity (Wildman–Crippen MR) is 45.8 cm³/mol. The third-order valence-corrected chi connectivity index (χ3v) is 2.27. The van der Waals surface area contributed by atoms with Crippen LogP contribution in [0.4, 0.5) is 4.79 Å². The summed E-state index contributed by atoms with van der Waals surface area (Å²) in [5, 5.41) is 10.6. The topological polar surface area (TPSA) is 83.5 Å². The van der Waals surface area contributed by atoms with Gasteiger partial charge in [0.15, 0.2) is 5.71 Å². The molecule has 1 aliphatic heterocycles. The van der Waals surface area contributed by atoms with Gasteiger partial charge >= 0.3 is 18.0 Å². The van der Waals surface area contributed by atoms with Crippen molar-refractivity contribution in [1.82, 2.24) is 4.90 Å². The van der Waals surface area contributed by atoms with Crippen LogP contribution in [0, 0.1) is 10.1 Å². The zero-order chi connectivity index (χ0) is 11.0. The molecular formula is C7H10N3O4+. The Morgan fingerprint density at radius 2 is 2.00 bits per heavy atom. The van der Waals surface area contributed by atoms with Gasteiger partial charge in [0.25, 0.3) is 0 Å². The Bertz CT molecular complexity index is 360. The molecule has 0 aromatic rings. The van der Waals surface area contributed by atoms with Crippen LogP contribution in [0.5, 0.6) is 0 Å². The fourth-order valence-electron chi connectivity index (χ4n) is 1.26. The van der Waals surface area contributed by atoms with Crippen LogP contribution in [0.15, 0.2) is 0 Å². The molecule has 1 rings (SSSR count). The van der Waals surface area contributed by atoms with Crippen molar-refractivity contribution in [3.8, 4) is 0 Å². The van der Waals surface area contributed by atoms with E-state index in [0.717, 1.165) is 9.48 Å². The Balaban J connectivity index is 3.27. The number of rotatable bonds is 1. The fraction of sp³-hybridized carbons (Fsp3) is 0.571. The van der Waals surface area contributed by atoms with Crippen molar-refractivity contribution >= 4 is 17.6 Å². The van der Waals surface area contributed by atoms with Crippen molar-refractivity contribution in [2.45, 2.75) is 13.0 Å². The summed E-state index contributed by atoms with van der Waals surface area (Å²) in [5.41, 5.74) is 0.142. The molecule has 0 saturated carbocycles. The Kier molecular flexibility index (Phi) is 2.33. The molecule has 76 valence electrons. The van der Waals surface area contributed by atoms with Crippen LogP contribution in [0.2, 0.25) is 0 Å². The standard InChI is InChI=1S/C7H10N3O4/c1-4-5(10(13)14)6(11)9(3)7(12)8(4)2/h5H,1-3H3/q+1. The average Bonchev–Trinajstić information content (AvgIpc) is 2.11. The molecule has 0 aliphatic carbocycles. The van der Waals surface area contributed by atoms with Gasteiger partial charge < -0.3 is 0 Å². The summed E-state index contributed by atoms with van der Waals surface area (Å²) in [7, 11) is 2.63. The smallest absolute Gasteiger partial charge is 0.263 e. The van der Waals surface area contributed by atoms with Gasteiger partial charge in [-0.1, -0.05) is 0 Å². The van der Waals surface area contributed by atoms with Crippen LogP contribution in [-0.4, -0.2) is 52.2 Å². The van der Waals surface area contributed by atoms with Crippen molar-refractivity contribution in [1.29, 1.82) is 0 Å². The molecule has 3 amide bonds. The number of nitrogens with zero attached hydrogens (tertiary/aromatic N) is 3. The van der Waals surface area contributed by atoms with E-state index in [1.54, 1.807) is 0 Å². The second-order valence-corrected chi connectivity index (χ2v) is 3.07. The molecule has 14 heavy (non-hydrogen) atoms. The molecule has 0 aromatic carbocycles. The monoisotopic (exact) mass is 200 g/mol. The first-order valence-corrected chi connectivity index (χ1v) is 3.90. The summed E-state index contributed by atoms with van der Waals surface area (Å²) in [6.07, 6.45) is 0. The SMILES string of the molecule is CC1=[N+](C)C(=O)N(C)C(=O)C1[N+](=O)[O-]. The van der Waals surface area contributed by atoms with Gasteiger partial charge in [-0.3, -0.25) is 10.1 Å². The number of likely N-dealkylation sites (N-methyl/N-ethyl adjacent to an activating group) is 1. The van der Waals surface area contributed by atoms with Crippen LogP contribution >= 0.6 is 0 Å². The summed E-state index contributed by atoms with van der Waals surface area (Å²) in [6.45, 7) is 1.40. The Morgan fingerprint density at radius 1 is 1.50 bits per heavy atom. The van der Waals surface area contributed by atoms with Gasteiger partial charge in [0.1, 0.15) is 0 Å². The van der Waals surface area contributed by atoms with E-state index in [4.69, 9.17) is 0 Å². The minimum Gasteiger partial charge on any atom is -0.263 e. The molecule has 0 saturated heterocycles. The number of carbonyl (C=O) groups excluding carboxylic acids is 2. The number of carbonyl (C=O) groups is 2. The summed E-state index contributed by atoms with van der Waals surface area (Å²) in [4.78, 5) is 33.3. The quantitative estimate of drug-likeness (QED) is 0.319. The molecule has 1 heterocycles. The molecule has 7 heteroatoms. The molecule has 0 aromatic heterocycles. The van der Waals surface area contributed by atoms with Gasteiger partial charge in [0.05, 0.1) is 14.1 Å². The van der Waals surface area contributed by atoms with Crippen LogP contribution < -0.4 is 0 Å². The van der Waals surface area contributed by atoms with Crippen molar-refractivity contribution < 1.29 is 19.1 Å². The Labute approximate surface area is 79.8 Å². The number of nitro groups is 1. The largest absolute Gasteiger partial charge is 0.500 e.